The first-order chi connectivity index (χ1) is 6.33. The lowest BCUT2D eigenvalue weighted by molar-refractivity contribution is -0.0433. The highest BCUT2D eigenvalue weighted by atomic mass is 16.5. The van der Waals surface area contributed by atoms with Crippen LogP contribution in [0.4, 0.5) is 0 Å². The Morgan fingerprint density at radius 2 is 2.38 bits per heavy atom. The molecule has 2 nitrogen and oxygen atoms in total. The van der Waals surface area contributed by atoms with Gasteiger partial charge in [0.15, 0.2) is 0 Å². The zero-order chi connectivity index (χ0) is 9.57. The highest BCUT2D eigenvalue weighted by molar-refractivity contribution is 4.81. The van der Waals surface area contributed by atoms with Crippen molar-refractivity contribution in [1.29, 1.82) is 0 Å². The van der Waals surface area contributed by atoms with E-state index in [2.05, 4.69) is 6.92 Å². The molecule has 13 heavy (non-hydrogen) atoms. The maximum absolute atomic E-state index is 5.50. The van der Waals surface area contributed by atoms with E-state index in [0.29, 0.717) is 0 Å². The molecule has 0 aromatic heterocycles. The van der Waals surface area contributed by atoms with Crippen LogP contribution in [0.5, 0.6) is 0 Å². The van der Waals surface area contributed by atoms with E-state index in [4.69, 9.17) is 9.47 Å². The maximum atomic E-state index is 5.50. The third-order valence-corrected chi connectivity index (χ3v) is 2.78. The Bertz CT molecular complexity index is 157. The summed E-state index contributed by atoms with van der Waals surface area (Å²) >= 11 is 0. The van der Waals surface area contributed by atoms with Crippen molar-refractivity contribution in [1.82, 2.24) is 0 Å². The number of hydrogen-bond donors (Lipinski definition) is 0. The van der Waals surface area contributed by atoms with Gasteiger partial charge >= 0.3 is 0 Å². The lowest BCUT2D eigenvalue weighted by Crippen LogP contribution is -2.35. The average molecular weight is 184 g/mol. The fraction of sp³-hybridized carbons (Fsp3) is 0.818. The van der Waals surface area contributed by atoms with Gasteiger partial charge in [0.05, 0.1) is 19.5 Å². The summed E-state index contributed by atoms with van der Waals surface area (Å²) in [4.78, 5) is 0. The normalized spacial score (nSPS) is 29.4. The number of allylic oxidation sites excluding steroid dienone is 1. The summed E-state index contributed by atoms with van der Waals surface area (Å²) in [7, 11) is 0. The van der Waals surface area contributed by atoms with Gasteiger partial charge in [-0.3, -0.25) is 0 Å². The molecule has 1 unspecified atom stereocenters. The molecule has 2 heteroatoms. The minimum absolute atomic E-state index is 0.276. The first-order valence-electron chi connectivity index (χ1n) is 5.13. The zero-order valence-electron chi connectivity index (χ0n) is 8.71. The lowest BCUT2D eigenvalue weighted by Gasteiger charge is -2.35. The second-order valence-corrected chi connectivity index (χ2v) is 3.79. The van der Waals surface area contributed by atoms with E-state index in [1.165, 1.54) is 12.8 Å². The molecule has 1 aliphatic rings. The summed E-state index contributed by atoms with van der Waals surface area (Å²) in [6.07, 6.45) is 7.25. The summed E-state index contributed by atoms with van der Waals surface area (Å²) in [6.45, 7) is 6.77. The molecule has 0 bridgehead atoms. The third kappa shape index (κ3) is 3.03. The minimum atomic E-state index is 0.276. The minimum Gasteiger partial charge on any atom is -0.501 e. The predicted octanol–water partition coefficient (Wildman–Crippen LogP) is 2.74. The van der Waals surface area contributed by atoms with Crippen LogP contribution in [0.1, 0.15) is 33.1 Å². The maximum Gasteiger partial charge on any atom is 0.0951 e. The second-order valence-electron chi connectivity index (χ2n) is 3.79. The van der Waals surface area contributed by atoms with Gasteiger partial charge in [0.25, 0.3) is 0 Å². The van der Waals surface area contributed by atoms with Gasteiger partial charge < -0.3 is 9.47 Å². The fourth-order valence-electron chi connectivity index (χ4n) is 1.73. The van der Waals surface area contributed by atoms with Gasteiger partial charge in [-0.25, -0.2) is 0 Å². The number of hydrogen-bond acceptors (Lipinski definition) is 2. The van der Waals surface area contributed by atoms with Crippen molar-refractivity contribution < 1.29 is 9.47 Å². The molecule has 1 atom stereocenters. The van der Waals surface area contributed by atoms with Crippen molar-refractivity contribution in [3.63, 3.8) is 0 Å². The second kappa shape index (κ2) is 5.28. The van der Waals surface area contributed by atoms with E-state index >= 15 is 0 Å². The summed E-state index contributed by atoms with van der Waals surface area (Å²) in [5, 5.41) is 0. The van der Waals surface area contributed by atoms with Gasteiger partial charge in [-0.1, -0.05) is 13.0 Å². The van der Waals surface area contributed by atoms with Gasteiger partial charge in [0, 0.05) is 12.0 Å². The van der Waals surface area contributed by atoms with Crippen LogP contribution in [-0.4, -0.2) is 19.8 Å². The molecule has 1 heterocycles. The molecule has 0 amide bonds. The standard InChI is InChI=1S/C11H20O2/c1-3-7-12-9-11(4-2)6-5-8-13-10-11/h3,7H,4-6,8-10H2,1-2H3/b7-3+. The molecule has 0 N–H and O–H groups in total. The Balaban J connectivity index is 2.38. The topological polar surface area (TPSA) is 18.5 Å². The van der Waals surface area contributed by atoms with Crippen LogP contribution in [-0.2, 0) is 9.47 Å². The Kier molecular flexibility index (Phi) is 4.29. The first kappa shape index (κ1) is 10.6. The number of rotatable bonds is 4. The molecule has 0 aromatic carbocycles. The summed E-state index contributed by atoms with van der Waals surface area (Å²) in [5.41, 5.74) is 0.276. The van der Waals surface area contributed by atoms with Gasteiger partial charge in [-0.15, -0.1) is 0 Å². The van der Waals surface area contributed by atoms with E-state index in [9.17, 15) is 0 Å². The van der Waals surface area contributed by atoms with Crippen LogP contribution < -0.4 is 0 Å². The van der Waals surface area contributed by atoms with Crippen LogP contribution in [0, 0.1) is 5.41 Å². The summed E-state index contributed by atoms with van der Waals surface area (Å²) < 4.78 is 11.0. The zero-order valence-corrected chi connectivity index (χ0v) is 8.71. The van der Waals surface area contributed by atoms with Gasteiger partial charge in [-0.2, -0.15) is 0 Å². The molecule has 1 saturated heterocycles. The average Bonchev–Trinajstić information content (AvgIpc) is 2.20. The molecule has 1 rings (SSSR count). The molecule has 0 aliphatic carbocycles. The van der Waals surface area contributed by atoms with E-state index in [1.54, 1.807) is 6.26 Å². The lowest BCUT2D eigenvalue weighted by atomic mass is 9.81. The Morgan fingerprint density at radius 3 is 2.92 bits per heavy atom. The third-order valence-electron chi connectivity index (χ3n) is 2.78. The van der Waals surface area contributed by atoms with Crippen molar-refractivity contribution in [2.45, 2.75) is 33.1 Å². The summed E-state index contributed by atoms with van der Waals surface area (Å²) in [6, 6.07) is 0. The predicted molar refractivity (Wildman–Crippen MR) is 53.5 cm³/mol. The molecule has 0 spiro atoms. The van der Waals surface area contributed by atoms with Crippen LogP contribution in [0.25, 0.3) is 0 Å². The molecule has 1 fully saturated rings. The molecule has 76 valence electrons. The Hall–Kier alpha value is -0.500. The van der Waals surface area contributed by atoms with Crippen molar-refractivity contribution in [3.05, 3.63) is 12.3 Å². The van der Waals surface area contributed by atoms with Crippen LogP contribution in [0.3, 0.4) is 0 Å². The van der Waals surface area contributed by atoms with E-state index in [-0.39, 0.29) is 5.41 Å². The van der Waals surface area contributed by atoms with E-state index < -0.39 is 0 Å². The molecule has 0 saturated carbocycles. The molecular weight excluding hydrogens is 164 g/mol. The Labute approximate surface area is 80.9 Å². The smallest absolute Gasteiger partial charge is 0.0951 e. The van der Waals surface area contributed by atoms with Crippen LogP contribution in [0.15, 0.2) is 12.3 Å². The molecule has 0 radical (unpaired) electrons. The highest BCUT2D eigenvalue weighted by Gasteiger charge is 2.31. The van der Waals surface area contributed by atoms with Gasteiger partial charge in [-0.05, 0) is 26.2 Å². The van der Waals surface area contributed by atoms with Crippen molar-refractivity contribution in [3.8, 4) is 0 Å². The van der Waals surface area contributed by atoms with Crippen molar-refractivity contribution in [2.75, 3.05) is 19.8 Å². The first-order valence-corrected chi connectivity index (χ1v) is 5.13. The van der Waals surface area contributed by atoms with Crippen LogP contribution >= 0.6 is 0 Å². The van der Waals surface area contributed by atoms with Gasteiger partial charge in [0.2, 0.25) is 0 Å². The van der Waals surface area contributed by atoms with E-state index in [0.717, 1.165) is 26.2 Å². The SMILES string of the molecule is C/C=C/OCC1(CC)CCCOC1. The van der Waals surface area contributed by atoms with Crippen molar-refractivity contribution in [2.24, 2.45) is 5.41 Å². The highest BCUT2D eigenvalue weighted by Crippen LogP contribution is 2.32. The van der Waals surface area contributed by atoms with Crippen molar-refractivity contribution >= 4 is 0 Å². The Morgan fingerprint density at radius 1 is 1.54 bits per heavy atom. The number of ether oxygens (including phenoxy) is 2. The monoisotopic (exact) mass is 184 g/mol. The van der Waals surface area contributed by atoms with Gasteiger partial charge in [0.1, 0.15) is 0 Å². The van der Waals surface area contributed by atoms with Crippen LogP contribution in [0.2, 0.25) is 0 Å². The quantitative estimate of drug-likeness (QED) is 0.625. The summed E-state index contributed by atoms with van der Waals surface area (Å²) in [5.74, 6) is 0. The molecule has 1 aliphatic heterocycles. The van der Waals surface area contributed by atoms with E-state index in [1.807, 2.05) is 13.0 Å². The molecular formula is C11H20O2. The molecule has 0 aromatic rings. The fourth-order valence-corrected chi connectivity index (χ4v) is 1.73. The largest absolute Gasteiger partial charge is 0.501 e.